The van der Waals surface area contributed by atoms with E-state index in [4.69, 9.17) is 4.98 Å². The number of piperidine rings is 1. The van der Waals surface area contributed by atoms with Crippen LogP contribution in [0.2, 0.25) is 0 Å². The molecule has 1 saturated heterocycles. The van der Waals surface area contributed by atoms with Crippen molar-refractivity contribution in [3.63, 3.8) is 0 Å². The standard InChI is InChI=1S/C17H27N5/c1-13-18-16(14-6-11-21(12-14)17(2,3)4)22(19-13)15-7-9-20(5)10-8-15/h6,11-12,15H,7-10H2,1-5H3. The molecule has 1 aliphatic heterocycles. The van der Waals surface area contributed by atoms with Gasteiger partial charge in [0.1, 0.15) is 5.82 Å². The van der Waals surface area contributed by atoms with Crippen LogP contribution < -0.4 is 0 Å². The minimum absolute atomic E-state index is 0.0890. The van der Waals surface area contributed by atoms with Crippen LogP contribution in [0.1, 0.15) is 45.5 Å². The Bertz CT molecular complexity index is 638. The largest absolute Gasteiger partial charge is 0.348 e. The van der Waals surface area contributed by atoms with Crippen LogP contribution in [0.15, 0.2) is 18.5 Å². The van der Waals surface area contributed by atoms with Crippen LogP contribution in [0, 0.1) is 6.92 Å². The Balaban J connectivity index is 1.93. The molecule has 0 N–H and O–H groups in total. The molecular weight excluding hydrogens is 274 g/mol. The predicted octanol–water partition coefficient (Wildman–Crippen LogP) is 3.08. The van der Waals surface area contributed by atoms with Crippen molar-refractivity contribution in [2.75, 3.05) is 20.1 Å². The van der Waals surface area contributed by atoms with Gasteiger partial charge >= 0.3 is 0 Å². The monoisotopic (exact) mass is 301 g/mol. The predicted molar refractivity (Wildman–Crippen MR) is 88.9 cm³/mol. The zero-order valence-corrected chi connectivity index (χ0v) is 14.4. The van der Waals surface area contributed by atoms with Gasteiger partial charge in [0.05, 0.1) is 6.04 Å². The van der Waals surface area contributed by atoms with Gasteiger partial charge < -0.3 is 9.47 Å². The summed E-state index contributed by atoms with van der Waals surface area (Å²) in [5, 5.41) is 4.68. The van der Waals surface area contributed by atoms with E-state index >= 15 is 0 Å². The second kappa shape index (κ2) is 5.54. The van der Waals surface area contributed by atoms with Crippen LogP contribution in [0.25, 0.3) is 11.4 Å². The highest BCUT2D eigenvalue weighted by Gasteiger charge is 2.24. The zero-order valence-electron chi connectivity index (χ0n) is 14.4. The van der Waals surface area contributed by atoms with Gasteiger partial charge in [0.25, 0.3) is 0 Å². The summed E-state index contributed by atoms with van der Waals surface area (Å²) in [4.78, 5) is 7.08. The fourth-order valence-corrected chi connectivity index (χ4v) is 3.07. The van der Waals surface area contributed by atoms with Gasteiger partial charge in [0.2, 0.25) is 0 Å². The maximum absolute atomic E-state index is 4.70. The quantitative estimate of drug-likeness (QED) is 0.855. The molecule has 22 heavy (non-hydrogen) atoms. The van der Waals surface area contributed by atoms with E-state index in [1.54, 1.807) is 0 Å². The van der Waals surface area contributed by atoms with E-state index in [-0.39, 0.29) is 5.54 Å². The average Bonchev–Trinajstić information content (AvgIpc) is 3.05. The Morgan fingerprint density at radius 1 is 1.18 bits per heavy atom. The van der Waals surface area contributed by atoms with Crippen molar-refractivity contribution in [1.82, 2.24) is 24.2 Å². The zero-order chi connectivity index (χ0) is 15.9. The van der Waals surface area contributed by atoms with E-state index in [0.717, 1.165) is 43.1 Å². The van der Waals surface area contributed by atoms with Crippen molar-refractivity contribution in [3.05, 3.63) is 24.3 Å². The molecular formula is C17H27N5. The molecule has 5 heteroatoms. The molecule has 1 aliphatic rings. The summed E-state index contributed by atoms with van der Waals surface area (Å²) in [7, 11) is 2.19. The number of aryl methyl sites for hydroxylation is 1. The lowest BCUT2D eigenvalue weighted by atomic mass is 10.1. The highest BCUT2D eigenvalue weighted by Crippen LogP contribution is 2.28. The molecule has 0 radical (unpaired) electrons. The minimum atomic E-state index is 0.0890. The molecule has 1 fully saturated rings. The van der Waals surface area contributed by atoms with Crippen molar-refractivity contribution in [2.45, 2.75) is 52.1 Å². The average molecular weight is 301 g/mol. The van der Waals surface area contributed by atoms with E-state index in [9.17, 15) is 0 Å². The van der Waals surface area contributed by atoms with Crippen LogP contribution in [-0.4, -0.2) is 44.4 Å². The van der Waals surface area contributed by atoms with Crippen molar-refractivity contribution < 1.29 is 0 Å². The first kappa shape index (κ1) is 15.3. The molecule has 0 aliphatic carbocycles. The fourth-order valence-electron chi connectivity index (χ4n) is 3.07. The third kappa shape index (κ3) is 2.95. The summed E-state index contributed by atoms with van der Waals surface area (Å²) in [5.41, 5.74) is 1.25. The lowest BCUT2D eigenvalue weighted by Gasteiger charge is -2.29. The Labute approximate surface area is 133 Å². The number of nitrogens with zero attached hydrogens (tertiary/aromatic N) is 5. The molecule has 5 nitrogen and oxygen atoms in total. The minimum Gasteiger partial charge on any atom is -0.348 e. The summed E-state index contributed by atoms with van der Waals surface area (Å²) < 4.78 is 4.40. The number of likely N-dealkylation sites (tertiary alicyclic amines) is 1. The molecule has 0 aromatic carbocycles. The normalized spacial score (nSPS) is 18.0. The molecule has 0 atom stereocenters. The summed E-state index contributed by atoms with van der Waals surface area (Å²) in [6.07, 6.45) is 6.62. The van der Waals surface area contributed by atoms with Crippen LogP contribution in [0.3, 0.4) is 0 Å². The Hall–Kier alpha value is -1.62. The van der Waals surface area contributed by atoms with Gasteiger partial charge in [-0.2, -0.15) is 5.10 Å². The summed E-state index contributed by atoms with van der Waals surface area (Å²) in [6, 6.07) is 2.62. The van der Waals surface area contributed by atoms with Crippen molar-refractivity contribution in [1.29, 1.82) is 0 Å². The highest BCUT2D eigenvalue weighted by atomic mass is 15.4. The van der Waals surface area contributed by atoms with Gasteiger partial charge in [-0.25, -0.2) is 9.67 Å². The number of rotatable bonds is 2. The Morgan fingerprint density at radius 3 is 2.45 bits per heavy atom. The number of hydrogen-bond donors (Lipinski definition) is 0. The van der Waals surface area contributed by atoms with Gasteiger partial charge in [-0.05, 0) is 66.7 Å². The summed E-state index contributed by atoms with van der Waals surface area (Å²) in [6.45, 7) is 10.9. The van der Waals surface area contributed by atoms with Gasteiger partial charge in [-0.3, -0.25) is 0 Å². The molecule has 120 valence electrons. The Kier molecular flexibility index (Phi) is 3.85. The number of hydrogen-bond acceptors (Lipinski definition) is 3. The highest BCUT2D eigenvalue weighted by molar-refractivity contribution is 5.54. The molecule has 3 rings (SSSR count). The summed E-state index contributed by atoms with van der Waals surface area (Å²) >= 11 is 0. The fraction of sp³-hybridized carbons (Fsp3) is 0.647. The van der Waals surface area contributed by atoms with Gasteiger partial charge in [-0.1, -0.05) is 0 Å². The SMILES string of the molecule is Cc1nc(-c2ccn(C(C)(C)C)c2)n(C2CCN(C)CC2)n1. The number of aromatic nitrogens is 4. The van der Waals surface area contributed by atoms with Crippen LogP contribution in [0.4, 0.5) is 0 Å². The van der Waals surface area contributed by atoms with Crippen molar-refractivity contribution >= 4 is 0 Å². The molecule has 0 unspecified atom stereocenters. The van der Waals surface area contributed by atoms with Crippen LogP contribution >= 0.6 is 0 Å². The summed E-state index contributed by atoms with van der Waals surface area (Å²) in [5.74, 6) is 1.87. The van der Waals surface area contributed by atoms with Crippen LogP contribution in [0.5, 0.6) is 0 Å². The van der Waals surface area contributed by atoms with E-state index < -0.39 is 0 Å². The maximum atomic E-state index is 4.70. The van der Waals surface area contributed by atoms with Gasteiger partial charge in [0, 0.05) is 23.5 Å². The second-order valence-electron chi connectivity index (χ2n) is 7.44. The second-order valence-corrected chi connectivity index (χ2v) is 7.44. The first-order valence-corrected chi connectivity index (χ1v) is 8.15. The van der Waals surface area contributed by atoms with E-state index in [1.165, 1.54) is 0 Å². The molecule has 3 heterocycles. The lowest BCUT2D eigenvalue weighted by Crippen LogP contribution is -2.32. The van der Waals surface area contributed by atoms with Gasteiger partial charge in [-0.15, -0.1) is 0 Å². The lowest BCUT2D eigenvalue weighted by molar-refractivity contribution is 0.213. The first-order valence-electron chi connectivity index (χ1n) is 8.15. The molecule has 2 aromatic rings. The maximum Gasteiger partial charge on any atom is 0.160 e. The van der Waals surface area contributed by atoms with E-state index in [0.29, 0.717) is 6.04 Å². The molecule has 0 amide bonds. The first-order chi connectivity index (χ1) is 10.3. The molecule has 0 spiro atoms. The van der Waals surface area contributed by atoms with E-state index in [2.05, 4.69) is 65.5 Å². The molecule has 0 saturated carbocycles. The Morgan fingerprint density at radius 2 is 1.86 bits per heavy atom. The smallest absolute Gasteiger partial charge is 0.160 e. The van der Waals surface area contributed by atoms with Gasteiger partial charge in [0.15, 0.2) is 5.82 Å². The van der Waals surface area contributed by atoms with Crippen LogP contribution in [-0.2, 0) is 5.54 Å². The van der Waals surface area contributed by atoms with E-state index in [1.807, 2.05) is 6.92 Å². The molecule has 0 bridgehead atoms. The third-order valence-electron chi connectivity index (χ3n) is 4.50. The third-order valence-corrected chi connectivity index (χ3v) is 4.50. The van der Waals surface area contributed by atoms with Crippen molar-refractivity contribution in [3.8, 4) is 11.4 Å². The topological polar surface area (TPSA) is 38.9 Å². The van der Waals surface area contributed by atoms with Crippen molar-refractivity contribution in [2.24, 2.45) is 0 Å². The molecule has 2 aromatic heterocycles.